The van der Waals surface area contributed by atoms with Crippen molar-refractivity contribution in [3.63, 3.8) is 0 Å². The number of nitrogens with zero attached hydrogens (tertiary/aromatic N) is 4. The molecule has 2 aromatic heterocycles. The Labute approximate surface area is 169 Å². The first-order valence-corrected chi connectivity index (χ1v) is 9.66. The number of rotatable bonds is 4. The first-order chi connectivity index (χ1) is 13.9. The summed E-state index contributed by atoms with van der Waals surface area (Å²) >= 11 is 0. The maximum absolute atomic E-state index is 12.7. The van der Waals surface area contributed by atoms with Crippen LogP contribution in [-0.2, 0) is 13.6 Å². The largest absolute Gasteiger partial charge is 0.329 e. The van der Waals surface area contributed by atoms with E-state index in [-0.39, 0.29) is 11.5 Å². The summed E-state index contributed by atoms with van der Waals surface area (Å²) in [6.45, 7) is 6.90. The van der Waals surface area contributed by atoms with Gasteiger partial charge in [0, 0.05) is 24.7 Å². The van der Waals surface area contributed by atoms with Crippen LogP contribution in [0.3, 0.4) is 0 Å². The Hall–Kier alpha value is -3.59. The van der Waals surface area contributed by atoms with E-state index in [1.807, 2.05) is 54.0 Å². The highest BCUT2D eigenvalue weighted by atomic mass is 16.1. The summed E-state index contributed by atoms with van der Waals surface area (Å²) in [6, 6.07) is 16.1. The minimum absolute atomic E-state index is 0.0212. The van der Waals surface area contributed by atoms with Crippen LogP contribution in [-0.4, -0.2) is 19.1 Å². The molecule has 6 heteroatoms. The molecule has 0 saturated carbocycles. The zero-order valence-electron chi connectivity index (χ0n) is 17.0. The van der Waals surface area contributed by atoms with Crippen molar-refractivity contribution in [2.75, 3.05) is 0 Å². The summed E-state index contributed by atoms with van der Waals surface area (Å²) < 4.78 is 3.49. The number of hydrogen-bond acceptors (Lipinski definition) is 3. The monoisotopic (exact) mass is 385 g/mol. The first kappa shape index (κ1) is 18.8. The fourth-order valence-corrected chi connectivity index (χ4v) is 3.74. The highest BCUT2D eigenvalue weighted by Crippen LogP contribution is 2.32. The number of imidazole rings is 2. The van der Waals surface area contributed by atoms with Crippen LogP contribution in [0, 0.1) is 24.2 Å². The molecule has 2 heterocycles. The summed E-state index contributed by atoms with van der Waals surface area (Å²) in [7, 11) is 1.79. The number of nitrogens with one attached hydrogen (secondary N) is 1. The maximum atomic E-state index is 12.7. The molecule has 0 unspecified atom stereocenters. The van der Waals surface area contributed by atoms with Gasteiger partial charge in [-0.3, -0.25) is 9.13 Å². The van der Waals surface area contributed by atoms with Gasteiger partial charge in [-0.2, -0.15) is 5.26 Å². The van der Waals surface area contributed by atoms with E-state index in [4.69, 9.17) is 0 Å². The Kier molecular flexibility index (Phi) is 4.59. The van der Waals surface area contributed by atoms with Gasteiger partial charge in [0.2, 0.25) is 5.82 Å². The predicted molar refractivity (Wildman–Crippen MR) is 114 cm³/mol. The highest BCUT2D eigenvalue weighted by molar-refractivity contribution is 5.86. The van der Waals surface area contributed by atoms with E-state index in [9.17, 15) is 10.1 Å². The third kappa shape index (κ3) is 3.25. The van der Waals surface area contributed by atoms with E-state index in [1.165, 1.54) is 0 Å². The molecule has 0 amide bonds. The molecular formula is C23H23N5O. The molecule has 6 nitrogen and oxygen atoms in total. The van der Waals surface area contributed by atoms with Gasteiger partial charge in [0.1, 0.15) is 6.07 Å². The molecule has 0 bridgehead atoms. The van der Waals surface area contributed by atoms with Gasteiger partial charge in [-0.1, -0.05) is 43.7 Å². The van der Waals surface area contributed by atoms with Crippen molar-refractivity contribution in [3.05, 3.63) is 64.3 Å². The van der Waals surface area contributed by atoms with E-state index in [0.29, 0.717) is 12.5 Å². The fourth-order valence-electron chi connectivity index (χ4n) is 3.74. The highest BCUT2D eigenvalue weighted by Gasteiger charge is 2.17. The molecule has 0 aliphatic carbocycles. The molecule has 4 rings (SSSR count). The molecule has 0 spiro atoms. The standard InChI is InChI=1S/C23H23N5O/c1-14(2)13-28-18-9-8-17(11-19(18)27(4)23(28)29)22-21(25-20(12-24)26-22)16-7-5-6-15(3)10-16/h5-11,14H,13H2,1-4H3,(H,25,26). The quantitative estimate of drug-likeness (QED) is 0.571. The topological polar surface area (TPSA) is 79.4 Å². The van der Waals surface area contributed by atoms with Gasteiger partial charge in [-0.05, 0) is 31.0 Å². The minimum atomic E-state index is -0.0212. The Morgan fingerprint density at radius 3 is 2.62 bits per heavy atom. The fraction of sp³-hybridized carbons (Fsp3) is 0.261. The molecule has 0 saturated heterocycles. The van der Waals surface area contributed by atoms with Gasteiger partial charge in [0.25, 0.3) is 0 Å². The van der Waals surface area contributed by atoms with Crippen LogP contribution < -0.4 is 5.69 Å². The van der Waals surface area contributed by atoms with E-state index >= 15 is 0 Å². The summed E-state index contributed by atoms with van der Waals surface area (Å²) in [5, 5.41) is 9.37. The number of aromatic nitrogens is 4. The van der Waals surface area contributed by atoms with E-state index < -0.39 is 0 Å². The number of aryl methyl sites for hydroxylation is 2. The molecule has 29 heavy (non-hydrogen) atoms. The van der Waals surface area contributed by atoms with Crippen LogP contribution >= 0.6 is 0 Å². The van der Waals surface area contributed by atoms with Gasteiger partial charge in [-0.25, -0.2) is 9.78 Å². The summed E-state index contributed by atoms with van der Waals surface area (Å²) in [6.07, 6.45) is 0. The first-order valence-electron chi connectivity index (χ1n) is 9.66. The summed E-state index contributed by atoms with van der Waals surface area (Å²) in [5.74, 6) is 0.638. The van der Waals surface area contributed by atoms with Crippen molar-refractivity contribution in [2.24, 2.45) is 13.0 Å². The van der Waals surface area contributed by atoms with Crippen LogP contribution in [0.15, 0.2) is 47.3 Å². The average Bonchev–Trinajstić information content (AvgIpc) is 3.23. The number of fused-ring (bicyclic) bond motifs is 1. The molecule has 0 aliphatic heterocycles. The molecule has 146 valence electrons. The maximum Gasteiger partial charge on any atom is 0.328 e. The van der Waals surface area contributed by atoms with Crippen molar-refractivity contribution >= 4 is 11.0 Å². The lowest BCUT2D eigenvalue weighted by Gasteiger charge is -2.07. The lowest BCUT2D eigenvalue weighted by atomic mass is 10.0. The molecule has 0 fully saturated rings. The molecule has 2 aromatic carbocycles. The van der Waals surface area contributed by atoms with Crippen LogP contribution in [0.1, 0.15) is 25.2 Å². The van der Waals surface area contributed by atoms with Crippen LogP contribution in [0.2, 0.25) is 0 Å². The van der Waals surface area contributed by atoms with Gasteiger partial charge in [0.15, 0.2) is 0 Å². The Balaban J connectivity index is 1.92. The third-order valence-electron chi connectivity index (χ3n) is 5.08. The number of benzene rings is 2. The van der Waals surface area contributed by atoms with Crippen LogP contribution in [0.25, 0.3) is 33.5 Å². The van der Waals surface area contributed by atoms with E-state index in [0.717, 1.165) is 39.1 Å². The van der Waals surface area contributed by atoms with Crippen LogP contribution in [0.4, 0.5) is 0 Å². The molecule has 0 aliphatic rings. The second-order valence-electron chi connectivity index (χ2n) is 7.84. The Morgan fingerprint density at radius 1 is 1.14 bits per heavy atom. The van der Waals surface area contributed by atoms with Crippen molar-refractivity contribution in [1.29, 1.82) is 5.26 Å². The smallest absolute Gasteiger partial charge is 0.328 e. The SMILES string of the molecule is Cc1cccc(-c2nc(C#N)[nH]c2-c2ccc3c(c2)n(C)c(=O)n3CC(C)C)c1. The van der Waals surface area contributed by atoms with Gasteiger partial charge >= 0.3 is 5.69 Å². The molecule has 0 radical (unpaired) electrons. The van der Waals surface area contributed by atoms with Crippen molar-refractivity contribution in [2.45, 2.75) is 27.3 Å². The number of H-pyrrole nitrogens is 1. The summed E-state index contributed by atoms with van der Waals surface area (Å²) in [5.41, 5.74) is 6.22. The molecular weight excluding hydrogens is 362 g/mol. The van der Waals surface area contributed by atoms with Crippen molar-refractivity contribution < 1.29 is 0 Å². The zero-order valence-corrected chi connectivity index (χ0v) is 17.0. The zero-order chi connectivity index (χ0) is 20.7. The average molecular weight is 385 g/mol. The lowest BCUT2D eigenvalue weighted by molar-refractivity contribution is 0.516. The van der Waals surface area contributed by atoms with E-state index in [2.05, 4.69) is 29.9 Å². The van der Waals surface area contributed by atoms with Gasteiger partial charge < -0.3 is 4.98 Å². The number of hydrogen-bond donors (Lipinski definition) is 1. The molecule has 0 atom stereocenters. The number of nitriles is 1. The molecule has 1 N–H and O–H groups in total. The van der Waals surface area contributed by atoms with Gasteiger partial charge in [0.05, 0.1) is 22.4 Å². The third-order valence-corrected chi connectivity index (χ3v) is 5.08. The second-order valence-corrected chi connectivity index (χ2v) is 7.84. The molecule has 4 aromatic rings. The Bertz CT molecular complexity index is 1310. The van der Waals surface area contributed by atoms with Crippen molar-refractivity contribution in [3.8, 4) is 28.6 Å². The minimum Gasteiger partial charge on any atom is -0.329 e. The summed E-state index contributed by atoms with van der Waals surface area (Å²) in [4.78, 5) is 20.3. The predicted octanol–water partition coefficient (Wildman–Crippen LogP) is 4.23. The lowest BCUT2D eigenvalue weighted by Crippen LogP contribution is -2.24. The van der Waals surface area contributed by atoms with E-state index in [1.54, 1.807) is 11.6 Å². The second kappa shape index (κ2) is 7.10. The van der Waals surface area contributed by atoms with Crippen LogP contribution in [0.5, 0.6) is 0 Å². The normalized spacial score (nSPS) is 11.3. The van der Waals surface area contributed by atoms with Gasteiger partial charge in [-0.15, -0.1) is 0 Å². The number of aromatic amines is 1. The Morgan fingerprint density at radius 2 is 1.93 bits per heavy atom. The van der Waals surface area contributed by atoms with Crippen molar-refractivity contribution in [1.82, 2.24) is 19.1 Å².